The Hall–Kier alpha value is -2.48. The van der Waals surface area contributed by atoms with Crippen molar-refractivity contribution in [3.63, 3.8) is 0 Å². The second kappa shape index (κ2) is 10.8. The summed E-state index contributed by atoms with van der Waals surface area (Å²) in [6, 6.07) is 20.6. The first-order valence-electron chi connectivity index (χ1n) is 11.8. The van der Waals surface area contributed by atoms with E-state index in [0.29, 0.717) is 6.42 Å². The smallest absolute Gasteiger partial charge is 0.303 e. The number of benzene rings is 2. The minimum Gasteiger partial charge on any atom is -0.456 e. The van der Waals surface area contributed by atoms with Crippen molar-refractivity contribution in [2.45, 2.75) is 77.4 Å². The van der Waals surface area contributed by atoms with Gasteiger partial charge in [0, 0.05) is 13.8 Å². The minimum atomic E-state index is -2.80. The second-order valence-electron chi connectivity index (χ2n) is 9.74. The van der Waals surface area contributed by atoms with E-state index < -0.39 is 38.6 Å². The molecule has 7 heteroatoms. The SMILES string of the molecule is CC[C@@H]1O[C@H](CO[Si](c2ccccc2)(c2ccccc2)C(C)(C)C)C(OC(C)=O)[C@@H]1OC(C)=O. The lowest BCUT2D eigenvalue weighted by atomic mass is 10.1. The van der Waals surface area contributed by atoms with Crippen LogP contribution in [0.25, 0.3) is 0 Å². The van der Waals surface area contributed by atoms with Crippen LogP contribution in [-0.2, 0) is 28.2 Å². The van der Waals surface area contributed by atoms with Crippen LogP contribution in [0.4, 0.5) is 0 Å². The maximum atomic E-state index is 11.9. The first kappa shape index (κ1) is 26.1. The van der Waals surface area contributed by atoms with Crippen LogP contribution in [0.5, 0.6) is 0 Å². The summed E-state index contributed by atoms with van der Waals surface area (Å²) in [6.07, 6.45) is -1.71. The average Bonchev–Trinajstić information content (AvgIpc) is 3.10. The molecular formula is C27H36O6Si. The van der Waals surface area contributed by atoms with Gasteiger partial charge >= 0.3 is 11.9 Å². The summed E-state index contributed by atoms with van der Waals surface area (Å²) >= 11 is 0. The van der Waals surface area contributed by atoms with Crippen molar-refractivity contribution < 1.29 is 28.2 Å². The van der Waals surface area contributed by atoms with Gasteiger partial charge in [-0.2, -0.15) is 0 Å². The van der Waals surface area contributed by atoms with Gasteiger partial charge in [-0.25, -0.2) is 0 Å². The van der Waals surface area contributed by atoms with Gasteiger partial charge in [0.2, 0.25) is 0 Å². The number of rotatable bonds is 8. The van der Waals surface area contributed by atoms with Gasteiger partial charge in [0.1, 0.15) is 6.10 Å². The molecule has 1 saturated heterocycles. The van der Waals surface area contributed by atoms with Gasteiger partial charge in [0.05, 0.1) is 12.7 Å². The van der Waals surface area contributed by atoms with Crippen LogP contribution in [0.15, 0.2) is 60.7 Å². The predicted molar refractivity (Wildman–Crippen MR) is 134 cm³/mol. The van der Waals surface area contributed by atoms with E-state index >= 15 is 0 Å². The Balaban J connectivity index is 2.01. The molecule has 1 fully saturated rings. The van der Waals surface area contributed by atoms with Crippen molar-refractivity contribution in [2.75, 3.05) is 6.61 Å². The van der Waals surface area contributed by atoms with Crippen LogP contribution >= 0.6 is 0 Å². The van der Waals surface area contributed by atoms with Gasteiger partial charge in [0.15, 0.2) is 12.2 Å². The quantitative estimate of drug-likeness (QED) is 0.421. The molecule has 0 N–H and O–H groups in total. The van der Waals surface area contributed by atoms with E-state index in [4.69, 9.17) is 18.6 Å². The number of esters is 2. The Kier molecular flexibility index (Phi) is 8.33. The molecule has 0 aliphatic carbocycles. The molecule has 0 bridgehead atoms. The Morgan fingerprint density at radius 3 is 1.65 bits per heavy atom. The van der Waals surface area contributed by atoms with Crippen LogP contribution in [0.1, 0.15) is 48.0 Å². The fourth-order valence-corrected chi connectivity index (χ4v) is 9.47. The molecule has 2 aromatic carbocycles. The maximum absolute atomic E-state index is 11.9. The normalized spacial score (nSPS) is 22.9. The number of ether oxygens (including phenoxy) is 3. The third-order valence-electron chi connectivity index (χ3n) is 6.29. The fourth-order valence-electron chi connectivity index (χ4n) is 4.90. The zero-order chi connectivity index (χ0) is 24.9. The van der Waals surface area contributed by atoms with Crippen molar-refractivity contribution in [3.8, 4) is 0 Å². The molecule has 34 heavy (non-hydrogen) atoms. The van der Waals surface area contributed by atoms with Crippen LogP contribution in [0.2, 0.25) is 5.04 Å². The molecule has 3 rings (SSSR count). The van der Waals surface area contributed by atoms with Gasteiger partial charge in [0.25, 0.3) is 8.32 Å². The summed E-state index contributed by atoms with van der Waals surface area (Å²) in [7, 11) is -2.80. The van der Waals surface area contributed by atoms with E-state index in [1.54, 1.807) is 0 Å². The molecule has 1 aliphatic heterocycles. The van der Waals surface area contributed by atoms with Gasteiger partial charge in [-0.15, -0.1) is 0 Å². The fraction of sp³-hybridized carbons (Fsp3) is 0.481. The average molecular weight is 485 g/mol. The Labute approximate surface area is 203 Å². The summed E-state index contributed by atoms with van der Waals surface area (Å²) < 4.78 is 24.4. The Bertz CT molecular complexity index is 917. The second-order valence-corrected chi connectivity index (χ2v) is 14.0. The molecule has 0 aromatic heterocycles. The molecular weight excluding hydrogens is 448 g/mol. The van der Waals surface area contributed by atoms with Crippen LogP contribution in [0.3, 0.4) is 0 Å². The summed E-state index contributed by atoms with van der Waals surface area (Å²) in [6.45, 7) is 11.5. The van der Waals surface area contributed by atoms with E-state index in [0.717, 1.165) is 10.4 Å². The van der Waals surface area contributed by atoms with Crippen molar-refractivity contribution in [3.05, 3.63) is 60.7 Å². The van der Waals surface area contributed by atoms with Crippen molar-refractivity contribution in [1.82, 2.24) is 0 Å². The van der Waals surface area contributed by atoms with Crippen LogP contribution < -0.4 is 10.4 Å². The monoisotopic (exact) mass is 484 g/mol. The highest BCUT2D eigenvalue weighted by atomic mass is 28.4. The molecule has 0 radical (unpaired) electrons. The highest BCUT2D eigenvalue weighted by Crippen LogP contribution is 2.38. The first-order chi connectivity index (χ1) is 16.1. The van der Waals surface area contributed by atoms with Gasteiger partial charge in [-0.1, -0.05) is 88.4 Å². The van der Waals surface area contributed by atoms with E-state index in [2.05, 4.69) is 45.0 Å². The Morgan fingerprint density at radius 1 is 0.824 bits per heavy atom. The number of carbonyl (C=O) groups is 2. The lowest BCUT2D eigenvalue weighted by Crippen LogP contribution is -2.67. The van der Waals surface area contributed by atoms with E-state index in [-0.39, 0.29) is 17.7 Å². The van der Waals surface area contributed by atoms with E-state index in [9.17, 15) is 9.59 Å². The molecule has 1 unspecified atom stereocenters. The molecule has 184 valence electrons. The van der Waals surface area contributed by atoms with Gasteiger partial charge in [-0.3, -0.25) is 9.59 Å². The standard InChI is InChI=1S/C27H36O6Si/c1-7-23-25(31-19(2)28)26(32-20(3)29)24(33-23)18-30-34(27(4,5)6,21-14-10-8-11-15-21)22-16-12-9-13-17-22/h8-17,23-26H,7,18H2,1-6H3/t23-,24+,25+,26?/m0/s1. The third kappa shape index (κ3) is 5.43. The largest absolute Gasteiger partial charge is 0.456 e. The molecule has 0 amide bonds. The van der Waals surface area contributed by atoms with Crippen LogP contribution in [0, 0.1) is 0 Å². The highest BCUT2D eigenvalue weighted by Gasteiger charge is 2.53. The summed E-state index contributed by atoms with van der Waals surface area (Å²) in [5, 5.41) is 2.10. The summed E-state index contributed by atoms with van der Waals surface area (Å²) in [4.78, 5) is 23.7. The molecule has 0 spiro atoms. The molecule has 1 aliphatic rings. The van der Waals surface area contributed by atoms with Crippen molar-refractivity contribution in [2.24, 2.45) is 0 Å². The molecule has 6 nitrogen and oxygen atoms in total. The molecule has 0 saturated carbocycles. The highest BCUT2D eigenvalue weighted by molar-refractivity contribution is 6.99. The molecule has 1 heterocycles. The minimum absolute atomic E-state index is 0.204. The van der Waals surface area contributed by atoms with Gasteiger partial charge < -0.3 is 18.6 Å². The predicted octanol–water partition coefficient (Wildman–Crippen LogP) is 3.60. The van der Waals surface area contributed by atoms with E-state index in [1.807, 2.05) is 43.3 Å². The lowest BCUT2D eigenvalue weighted by molar-refractivity contribution is -0.164. The lowest BCUT2D eigenvalue weighted by Gasteiger charge is -2.43. The first-order valence-corrected chi connectivity index (χ1v) is 13.8. The third-order valence-corrected chi connectivity index (χ3v) is 11.3. The summed E-state index contributed by atoms with van der Waals surface area (Å²) in [5.41, 5.74) is 0. The van der Waals surface area contributed by atoms with Crippen LogP contribution in [-0.4, -0.2) is 51.3 Å². The Morgan fingerprint density at radius 2 is 1.26 bits per heavy atom. The van der Waals surface area contributed by atoms with Crippen molar-refractivity contribution >= 4 is 30.6 Å². The number of carbonyl (C=O) groups excluding carboxylic acids is 2. The van der Waals surface area contributed by atoms with Gasteiger partial charge in [-0.05, 0) is 21.8 Å². The van der Waals surface area contributed by atoms with E-state index in [1.165, 1.54) is 13.8 Å². The maximum Gasteiger partial charge on any atom is 0.303 e. The molecule has 4 atom stereocenters. The number of hydrogen-bond donors (Lipinski definition) is 0. The molecule has 2 aromatic rings. The van der Waals surface area contributed by atoms with Crippen molar-refractivity contribution in [1.29, 1.82) is 0 Å². The number of hydrogen-bond acceptors (Lipinski definition) is 6. The zero-order valence-corrected chi connectivity index (χ0v) is 21.9. The summed E-state index contributed by atoms with van der Waals surface area (Å²) in [5.74, 6) is -0.879. The topological polar surface area (TPSA) is 71.1 Å². The zero-order valence-electron chi connectivity index (χ0n) is 20.9.